The summed E-state index contributed by atoms with van der Waals surface area (Å²) in [5.41, 5.74) is 2.32. The number of aliphatic hydroxyl groups excluding tert-OH is 1. The molecule has 1 amide bonds. The minimum absolute atomic E-state index is 0.0772. The van der Waals surface area contributed by atoms with E-state index < -0.39 is 6.10 Å². The van der Waals surface area contributed by atoms with E-state index in [0.717, 1.165) is 24.1 Å². The van der Waals surface area contributed by atoms with Crippen LogP contribution in [-0.4, -0.2) is 42.8 Å². The summed E-state index contributed by atoms with van der Waals surface area (Å²) in [7, 11) is 0. The van der Waals surface area contributed by atoms with Crippen molar-refractivity contribution in [3.05, 3.63) is 46.8 Å². The normalized spacial score (nSPS) is 14.4. The summed E-state index contributed by atoms with van der Waals surface area (Å²) < 4.78 is 5.20. The number of rotatable bonds is 9. The second-order valence-electron chi connectivity index (χ2n) is 7.00. The van der Waals surface area contributed by atoms with E-state index in [9.17, 15) is 14.7 Å². The van der Waals surface area contributed by atoms with Crippen LogP contribution in [0.5, 0.6) is 0 Å². The third-order valence-corrected chi connectivity index (χ3v) is 5.42. The molecule has 6 nitrogen and oxygen atoms in total. The van der Waals surface area contributed by atoms with Crippen molar-refractivity contribution in [2.75, 3.05) is 29.9 Å². The van der Waals surface area contributed by atoms with Crippen LogP contribution < -0.4 is 10.2 Å². The molecule has 0 spiro atoms. The summed E-state index contributed by atoms with van der Waals surface area (Å²) in [6.07, 6.45) is 1.55. The molecule has 1 aromatic carbocycles. The molecule has 2 aromatic rings. The van der Waals surface area contributed by atoms with Gasteiger partial charge in [-0.1, -0.05) is 18.2 Å². The van der Waals surface area contributed by atoms with Gasteiger partial charge in [-0.25, -0.2) is 4.79 Å². The number of ether oxygens (including phenoxy) is 1. The van der Waals surface area contributed by atoms with Crippen LogP contribution in [0, 0.1) is 0 Å². The Balaban J connectivity index is 1.75. The van der Waals surface area contributed by atoms with Gasteiger partial charge in [-0.3, -0.25) is 4.79 Å². The smallest absolute Gasteiger partial charge is 0.341 e. The largest absolute Gasteiger partial charge is 0.462 e. The van der Waals surface area contributed by atoms with Gasteiger partial charge in [0.2, 0.25) is 5.91 Å². The molecule has 1 aromatic heterocycles. The topological polar surface area (TPSA) is 78.9 Å². The Morgan fingerprint density at radius 2 is 2.04 bits per heavy atom. The number of carbonyl (C=O) groups excluding carboxylic acids is 2. The molecule has 1 atom stereocenters. The van der Waals surface area contributed by atoms with Crippen LogP contribution in [0.2, 0.25) is 0 Å². The van der Waals surface area contributed by atoms with Crippen LogP contribution in [0.1, 0.15) is 48.5 Å². The first-order valence-electron chi connectivity index (χ1n) is 9.56. The Kier molecular flexibility index (Phi) is 6.70. The van der Waals surface area contributed by atoms with Gasteiger partial charge in [0.25, 0.3) is 0 Å². The number of thiophene rings is 1. The lowest BCUT2D eigenvalue weighted by atomic mass is 10.1. The summed E-state index contributed by atoms with van der Waals surface area (Å²) in [5.74, 6) is -0.235. The van der Waals surface area contributed by atoms with Gasteiger partial charge in [0.1, 0.15) is 5.00 Å². The average Bonchev–Trinajstić information content (AvgIpc) is 3.42. The van der Waals surface area contributed by atoms with Crippen LogP contribution in [0.4, 0.5) is 10.7 Å². The molecule has 2 N–H and O–H groups in total. The molecular formula is C21H26N2O4S. The molecule has 7 heteroatoms. The molecule has 0 radical (unpaired) electrons. The summed E-state index contributed by atoms with van der Waals surface area (Å²) in [5, 5.41) is 15.2. The molecule has 1 aliphatic rings. The molecule has 1 fully saturated rings. The highest BCUT2D eigenvalue weighted by Crippen LogP contribution is 2.46. The Bertz CT molecular complexity index is 815. The minimum atomic E-state index is -0.577. The van der Waals surface area contributed by atoms with Crippen molar-refractivity contribution in [2.24, 2.45) is 0 Å². The Labute approximate surface area is 169 Å². The van der Waals surface area contributed by atoms with Crippen molar-refractivity contribution in [3.8, 4) is 0 Å². The lowest BCUT2D eigenvalue weighted by Gasteiger charge is -2.25. The highest BCUT2D eigenvalue weighted by atomic mass is 32.1. The van der Waals surface area contributed by atoms with Crippen LogP contribution in [-0.2, 0) is 9.53 Å². The molecule has 1 heterocycles. The second kappa shape index (κ2) is 9.21. The van der Waals surface area contributed by atoms with Gasteiger partial charge < -0.3 is 20.1 Å². The van der Waals surface area contributed by atoms with E-state index in [1.807, 2.05) is 40.6 Å². The lowest BCUT2D eigenvalue weighted by Crippen LogP contribution is -2.37. The van der Waals surface area contributed by atoms with Crippen molar-refractivity contribution in [3.63, 3.8) is 0 Å². The fraction of sp³-hybridized carbons (Fsp3) is 0.429. The number of amides is 1. The molecule has 1 saturated carbocycles. The van der Waals surface area contributed by atoms with Crippen molar-refractivity contribution in [2.45, 2.75) is 38.7 Å². The van der Waals surface area contributed by atoms with Crippen molar-refractivity contribution >= 4 is 33.9 Å². The standard InChI is InChI=1S/C21H26N2O4S/c1-3-27-21(26)19-17(15-9-10-15)13-28-20(19)22-18(25)12-23(11-14(2)24)16-7-5-4-6-8-16/h4-8,13-15,24H,3,9-12H2,1-2H3,(H,22,25). The number of para-hydroxylation sites is 1. The summed E-state index contributed by atoms with van der Waals surface area (Å²) >= 11 is 1.36. The second-order valence-corrected chi connectivity index (χ2v) is 7.88. The first-order valence-corrected chi connectivity index (χ1v) is 10.4. The SMILES string of the molecule is CCOC(=O)c1c(C2CC2)csc1NC(=O)CN(CC(C)O)c1ccccc1. The number of nitrogens with one attached hydrogen (secondary N) is 1. The predicted molar refractivity (Wildman–Crippen MR) is 111 cm³/mol. The van der Waals surface area contributed by atoms with E-state index in [0.29, 0.717) is 29.6 Å². The maximum absolute atomic E-state index is 12.7. The maximum Gasteiger partial charge on any atom is 0.341 e. The van der Waals surface area contributed by atoms with Crippen molar-refractivity contribution in [1.82, 2.24) is 0 Å². The zero-order chi connectivity index (χ0) is 20.1. The number of aliphatic hydroxyl groups is 1. The lowest BCUT2D eigenvalue weighted by molar-refractivity contribution is -0.115. The molecule has 0 saturated heterocycles. The number of nitrogens with zero attached hydrogens (tertiary/aromatic N) is 1. The van der Waals surface area contributed by atoms with E-state index in [1.165, 1.54) is 11.3 Å². The molecule has 1 unspecified atom stereocenters. The molecule has 3 rings (SSSR count). The molecule has 28 heavy (non-hydrogen) atoms. The van der Waals surface area contributed by atoms with E-state index in [4.69, 9.17) is 4.74 Å². The predicted octanol–water partition coefficient (Wildman–Crippen LogP) is 3.63. The zero-order valence-corrected chi connectivity index (χ0v) is 17.0. The van der Waals surface area contributed by atoms with E-state index >= 15 is 0 Å². The monoisotopic (exact) mass is 402 g/mol. The number of hydrogen-bond acceptors (Lipinski definition) is 6. The zero-order valence-electron chi connectivity index (χ0n) is 16.2. The van der Waals surface area contributed by atoms with Gasteiger partial charge in [0.05, 0.1) is 24.8 Å². The Morgan fingerprint density at radius 3 is 2.64 bits per heavy atom. The first kappa shape index (κ1) is 20.4. The highest BCUT2D eigenvalue weighted by Gasteiger charge is 2.32. The number of anilines is 2. The van der Waals surface area contributed by atoms with Gasteiger partial charge in [-0.05, 0) is 55.7 Å². The summed E-state index contributed by atoms with van der Waals surface area (Å²) in [6, 6.07) is 9.48. The van der Waals surface area contributed by atoms with Crippen molar-refractivity contribution < 1.29 is 19.4 Å². The van der Waals surface area contributed by atoms with Gasteiger partial charge in [0.15, 0.2) is 0 Å². The third-order valence-electron chi connectivity index (χ3n) is 4.51. The Morgan fingerprint density at radius 1 is 1.32 bits per heavy atom. The highest BCUT2D eigenvalue weighted by molar-refractivity contribution is 7.15. The number of hydrogen-bond donors (Lipinski definition) is 2. The van der Waals surface area contributed by atoms with Gasteiger partial charge in [-0.2, -0.15) is 0 Å². The van der Waals surface area contributed by atoms with Gasteiger partial charge in [-0.15, -0.1) is 11.3 Å². The summed E-state index contributed by atoms with van der Waals surface area (Å²) in [4.78, 5) is 27.0. The molecule has 0 bridgehead atoms. The first-order chi connectivity index (χ1) is 13.5. The number of esters is 1. The van der Waals surface area contributed by atoms with E-state index in [1.54, 1.807) is 13.8 Å². The fourth-order valence-corrected chi connectivity index (χ4v) is 4.18. The summed E-state index contributed by atoms with van der Waals surface area (Å²) in [6.45, 7) is 4.16. The van der Waals surface area contributed by atoms with E-state index in [2.05, 4.69) is 5.32 Å². The minimum Gasteiger partial charge on any atom is -0.462 e. The van der Waals surface area contributed by atoms with E-state index in [-0.39, 0.29) is 18.4 Å². The maximum atomic E-state index is 12.7. The third kappa shape index (κ3) is 5.11. The molecule has 150 valence electrons. The van der Waals surface area contributed by atoms with Crippen LogP contribution >= 0.6 is 11.3 Å². The Hall–Kier alpha value is -2.38. The molecule has 0 aliphatic heterocycles. The van der Waals surface area contributed by atoms with Gasteiger partial charge >= 0.3 is 5.97 Å². The molecular weight excluding hydrogens is 376 g/mol. The quantitative estimate of drug-likeness (QED) is 0.626. The van der Waals surface area contributed by atoms with Crippen molar-refractivity contribution in [1.29, 1.82) is 0 Å². The average molecular weight is 403 g/mol. The van der Waals surface area contributed by atoms with Crippen LogP contribution in [0.15, 0.2) is 35.7 Å². The number of benzene rings is 1. The number of carbonyl (C=O) groups is 2. The van der Waals surface area contributed by atoms with Crippen LogP contribution in [0.25, 0.3) is 0 Å². The fourth-order valence-electron chi connectivity index (χ4n) is 3.13. The van der Waals surface area contributed by atoms with Gasteiger partial charge in [0, 0.05) is 12.2 Å². The van der Waals surface area contributed by atoms with Crippen LogP contribution in [0.3, 0.4) is 0 Å². The molecule has 1 aliphatic carbocycles.